The Morgan fingerprint density at radius 2 is 1.70 bits per heavy atom. The number of hydrogen-bond acceptors (Lipinski definition) is 8. The van der Waals surface area contributed by atoms with Crippen LogP contribution in [0, 0.1) is 0 Å². The summed E-state index contributed by atoms with van der Waals surface area (Å²) in [6.45, 7) is 2.08. The number of nitrogens with one attached hydrogen (secondary N) is 2. The molecule has 33 heavy (non-hydrogen) atoms. The minimum Gasteiger partial charge on any atom is -0.493 e. The highest BCUT2D eigenvalue weighted by Gasteiger charge is 2.26. The number of carbonyl (C=O) groups is 2. The highest BCUT2D eigenvalue weighted by Crippen LogP contribution is 2.38. The quantitative estimate of drug-likeness (QED) is 0.321. The summed E-state index contributed by atoms with van der Waals surface area (Å²) in [5, 5.41) is 7.02. The number of carbonyl (C=O) groups excluding carboxylic acids is 2. The zero-order valence-corrected chi connectivity index (χ0v) is 20.8. The van der Waals surface area contributed by atoms with E-state index in [2.05, 4.69) is 10.6 Å². The third-order valence-electron chi connectivity index (χ3n) is 5.31. The van der Waals surface area contributed by atoms with E-state index in [-0.39, 0.29) is 16.6 Å². The topological polar surface area (TPSA) is 95.1 Å². The highest BCUT2D eigenvalue weighted by atomic mass is 32.1. The van der Waals surface area contributed by atoms with Crippen molar-refractivity contribution in [3.8, 4) is 11.5 Å². The van der Waals surface area contributed by atoms with Gasteiger partial charge >= 0.3 is 11.9 Å². The van der Waals surface area contributed by atoms with Gasteiger partial charge < -0.3 is 29.6 Å². The van der Waals surface area contributed by atoms with Crippen LogP contribution in [-0.4, -0.2) is 45.0 Å². The van der Waals surface area contributed by atoms with Crippen molar-refractivity contribution in [2.75, 3.05) is 38.6 Å². The molecule has 0 saturated carbocycles. The number of aryl methyl sites for hydroxylation is 1. The Bertz CT molecular complexity index is 1050. The van der Waals surface area contributed by atoms with Crippen molar-refractivity contribution in [3.05, 3.63) is 33.7 Å². The van der Waals surface area contributed by atoms with Crippen molar-refractivity contribution in [1.29, 1.82) is 0 Å². The maximum absolute atomic E-state index is 12.8. The molecule has 0 aliphatic heterocycles. The Morgan fingerprint density at radius 1 is 1.00 bits per heavy atom. The van der Waals surface area contributed by atoms with E-state index in [0.29, 0.717) is 34.4 Å². The van der Waals surface area contributed by atoms with Crippen LogP contribution in [-0.2, 0) is 22.3 Å². The summed E-state index contributed by atoms with van der Waals surface area (Å²) in [7, 11) is 4.28. The third kappa shape index (κ3) is 5.56. The van der Waals surface area contributed by atoms with Crippen molar-refractivity contribution in [1.82, 2.24) is 0 Å². The molecule has 178 valence electrons. The minimum atomic E-state index is -0.559. The van der Waals surface area contributed by atoms with Crippen molar-refractivity contribution in [2.45, 2.75) is 39.0 Å². The zero-order valence-electron chi connectivity index (χ0n) is 19.2. The first kappa shape index (κ1) is 24.8. The molecule has 1 aliphatic rings. The number of benzene rings is 1. The van der Waals surface area contributed by atoms with E-state index in [4.69, 9.17) is 31.2 Å². The molecule has 0 amide bonds. The summed E-state index contributed by atoms with van der Waals surface area (Å²) >= 11 is 7.05. The molecule has 1 heterocycles. The average molecular weight is 493 g/mol. The Kier molecular flexibility index (Phi) is 8.51. The van der Waals surface area contributed by atoms with Gasteiger partial charge in [0.1, 0.15) is 5.00 Å². The fourth-order valence-corrected chi connectivity index (χ4v) is 5.33. The summed E-state index contributed by atoms with van der Waals surface area (Å²) in [5.74, 6) is -0.112. The van der Waals surface area contributed by atoms with E-state index >= 15 is 0 Å². The summed E-state index contributed by atoms with van der Waals surface area (Å²) in [4.78, 5) is 26.3. The number of rotatable bonds is 7. The maximum Gasteiger partial charge on any atom is 0.341 e. The van der Waals surface area contributed by atoms with Crippen molar-refractivity contribution in [2.24, 2.45) is 0 Å². The van der Waals surface area contributed by atoms with Crippen LogP contribution >= 0.6 is 23.6 Å². The maximum atomic E-state index is 12.8. The molecule has 0 spiro atoms. The predicted octanol–water partition coefficient (Wildman–Crippen LogP) is 4.81. The number of methoxy groups -OCH3 is 3. The van der Waals surface area contributed by atoms with Crippen LogP contribution in [0.4, 0.5) is 10.7 Å². The molecule has 0 radical (unpaired) electrons. The van der Waals surface area contributed by atoms with E-state index < -0.39 is 5.97 Å². The molecule has 0 atom stereocenters. The molecular formula is C23H28N2O6S2. The molecule has 2 aromatic rings. The first-order chi connectivity index (χ1) is 15.9. The van der Waals surface area contributed by atoms with Crippen LogP contribution in [0.25, 0.3) is 0 Å². The number of thiocarbonyl (C=S) groups is 1. The van der Waals surface area contributed by atoms with Crippen LogP contribution in [0.2, 0.25) is 0 Å². The molecule has 0 bridgehead atoms. The molecule has 0 fully saturated rings. The van der Waals surface area contributed by atoms with Crippen LogP contribution in [0.1, 0.15) is 57.3 Å². The molecule has 3 rings (SSSR count). The van der Waals surface area contributed by atoms with Gasteiger partial charge in [-0.1, -0.05) is 6.42 Å². The lowest BCUT2D eigenvalue weighted by molar-refractivity contribution is 0.0525. The number of fused-ring (bicyclic) bond motifs is 1. The average Bonchev–Trinajstić information content (AvgIpc) is 2.98. The number of thiophene rings is 1. The second-order valence-corrected chi connectivity index (χ2v) is 8.83. The minimum absolute atomic E-state index is 0.217. The van der Waals surface area contributed by atoms with Gasteiger partial charge in [-0.15, -0.1) is 11.3 Å². The normalized spacial score (nSPS) is 12.7. The third-order valence-corrected chi connectivity index (χ3v) is 6.72. The monoisotopic (exact) mass is 492 g/mol. The van der Waals surface area contributed by atoms with Gasteiger partial charge in [0.15, 0.2) is 16.6 Å². The Labute approximate surface area is 202 Å². The molecule has 0 saturated heterocycles. The fourth-order valence-electron chi connectivity index (χ4n) is 3.77. The van der Waals surface area contributed by atoms with Crippen molar-refractivity contribution < 1.29 is 28.5 Å². The molecule has 1 aliphatic carbocycles. The summed E-state index contributed by atoms with van der Waals surface area (Å²) in [6, 6.07) is 3.13. The number of hydrogen-bond donors (Lipinski definition) is 2. The van der Waals surface area contributed by atoms with Gasteiger partial charge in [-0.3, -0.25) is 0 Å². The molecule has 2 N–H and O–H groups in total. The predicted molar refractivity (Wildman–Crippen MR) is 132 cm³/mol. The standard InChI is InChI=1S/C23H28N2O6S2/c1-5-31-22(27)19-13-9-7-6-8-10-18(13)33-20(19)25-23(32)24-15-12-17(29-3)16(28-2)11-14(15)21(26)30-4/h11-12H,5-10H2,1-4H3,(H2,24,25,32). The fraction of sp³-hybridized carbons (Fsp3) is 0.435. The number of esters is 2. The molecule has 1 aromatic heterocycles. The van der Waals surface area contributed by atoms with E-state index in [1.54, 1.807) is 13.0 Å². The van der Waals surface area contributed by atoms with Gasteiger partial charge in [-0.25, -0.2) is 9.59 Å². The number of anilines is 2. The Balaban J connectivity index is 1.92. The van der Waals surface area contributed by atoms with Crippen LogP contribution in [0.3, 0.4) is 0 Å². The van der Waals surface area contributed by atoms with Gasteiger partial charge in [0, 0.05) is 17.0 Å². The van der Waals surface area contributed by atoms with E-state index in [1.807, 2.05) is 0 Å². The van der Waals surface area contributed by atoms with Gasteiger partial charge in [-0.05, 0) is 50.4 Å². The second-order valence-electron chi connectivity index (χ2n) is 7.31. The first-order valence-electron chi connectivity index (χ1n) is 10.7. The smallest absolute Gasteiger partial charge is 0.341 e. The van der Waals surface area contributed by atoms with Gasteiger partial charge in [0.05, 0.1) is 44.8 Å². The molecular weight excluding hydrogens is 464 g/mol. The largest absolute Gasteiger partial charge is 0.493 e. The lowest BCUT2D eigenvalue weighted by Gasteiger charge is -2.16. The molecule has 10 heteroatoms. The van der Waals surface area contributed by atoms with Crippen molar-refractivity contribution in [3.63, 3.8) is 0 Å². The molecule has 1 aromatic carbocycles. The van der Waals surface area contributed by atoms with Crippen LogP contribution in [0.15, 0.2) is 12.1 Å². The molecule has 8 nitrogen and oxygen atoms in total. The summed E-state index contributed by atoms with van der Waals surface area (Å²) in [6.07, 6.45) is 5.03. The van der Waals surface area contributed by atoms with Gasteiger partial charge in [0.2, 0.25) is 0 Å². The Morgan fingerprint density at radius 3 is 2.36 bits per heavy atom. The summed E-state index contributed by atoms with van der Waals surface area (Å²) in [5.41, 5.74) is 2.20. The van der Waals surface area contributed by atoms with Gasteiger partial charge in [0.25, 0.3) is 0 Å². The molecule has 0 unspecified atom stereocenters. The van der Waals surface area contributed by atoms with E-state index in [1.165, 1.54) is 43.6 Å². The van der Waals surface area contributed by atoms with Crippen molar-refractivity contribution >= 4 is 51.3 Å². The number of ether oxygens (including phenoxy) is 4. The second kappa shape index (κ2) is 11.3. The lowest BCUT2D eigenvalue weighted by atomic mass is 10.1. The van der Waals surface area contributed by atoms with Gasteiger partial charge in [-0.2, -0.15) is 0 Å². The summed E-state index contributed by atoms with van der Waals surface area (Å²) < 4.78 is 20.9. The van der Waals surface area contributed by atoms with Crippen LogP contribution in [0.5, 0.6) is 11.5 Å². The van der Waals surface area contributed by atoms with E-state index in [0.717, 1.165) is 37.7 Å². The SMILES string of the molecule is CCOC(=O)c1c(NC(=S)Nc2cc(OC)c(OC)cc2C(=O)OC)sc2c1CCCCC2. The zero-order chi connectivity index (χ0) is 24.0. The first-order valence-corrected chi connectivity index (χ1v) is 11.9. The highest BCUT2D eigenvalue weighted by molar-refractivity contribution is 7.80. The van der Waals surface area contributed by atoms with Crippen LogP contribution < -0.4 is 20.1 Å². The lowest BCUT2D eigenvalue weighted by Crippen LogP contribution is -2.22. The van der Waals surface area contributed by atoms with E-state index in [9.17, 15) is 9.59 Å². The Hall–Kier alpha value is -2.85.